The molecule has 1 unspecified atom stereocenters. The molecule has 3 N–H and O–H groups in total. The smallest absolute Gasteiger partial charge is 0.191 e. The van der Waals surface area contributed by atoms with Crippen LogP contribution in [0, 0.1) is 13.8 Å². The second-order valence-electron chi connectivity index (χ2n) is 6.88. The number of rotatable bonds is 10. The highest BCUT2D eigenvalue weighted by Gasteiger charge is 2.27. The Morgan fingerprint density at radius 3 is 2.56 bits per heavy atom. The zero-order valence-electron chi connectivity index (χ0n) is 16.8. The van der Waals surface area contributed by atoms with Crippen molar-refractivity contribution in [3.8, 4) is 0 Å². The Morgan fingerprint density at radius 2 is 2.00 bits per heavy atom. The van der Waals surface area contributed by atoms with E-state index in [0.717, 1.165) is 49.2 Å². The highest BCUT2D eigenvalue weighted by Crippen LogP contribution is 2.27. The summed E-state index contributed by atoms with van der Waals surface area (Å²) in [6, 6.07) is 1.88. The number of hydrogen-bond acceptors (Lipinski definition) is 4. The number of aliphatic hydroxyl groups is 1. The van der Waals surface area contributed by atoms with Gasteiger partial charge in [-0.25, -0.2) is 4.99 Å². The van der Waals surface area contributed by atoms with E-state index in [-0.39, 0.29) is 6.54 Å². The van der Waals surface area contributed by atoms with Gasteiger partial charge in [-0.1, -0.05) is 13.3 Å². The lowest BCUT2D eigenvalue weighted by Gasteiger charge is -2.22. The first-order valence-corrected chi connectivity index (χ1v) is 9.30. The van der Waals surface area contributed by atoms with Crippen molar-refractivity contribution in [2.24, 2.45) is 4.99 Å². The summed E-state index contributed by atoms with van der Waals surface area (Å²) in [5, 5.41) is 17.3. The third-order valence-electron chi connectivity index (χ3n) is 4.19. The first-order chi connectivity index (χ1) is 11.8. The van der Waals surface area contributed by atoms with E-state index in [1.807, 2.05) is 26.8 Å². The van der Waals surface area contributed by atoms with Gasteiger partial charge < -0.3 is 25.1 Å². The van der Waals surface area contributed by atoms with E-state index in [9.17, 15) is 5.11 Å². The molecule has 0 aliphatic heterocycles. The second kappa shape index (κ2) is 10.5. The maximum Gasteiger partial charge on any atom is 0.191 e. The highest BCUT2D eigenvalue weighted by molar-refractivity contribution is 5.79. The van der Waals surface area contributed by atoms with Crippen LogP contribution in [0.4, 0.5) is 0 Å². The number of likely N-dealkylation sites (N-methyl/N-ethyl adjacent to an activating group) is 1. The number of aryl methyl sites for hydroxylation is 2. The van der Waals surface area contributed by atoms with Crippen molar-refractivity contribution < 1.29 is 9.52 Å². The third kappa shape index (κ3) is 7.48. The summed E-state index contributed by atoms with van der Waals surface area (Å²) in [4.78, 5) is 6.87. The quantitative estimate of drug-likeness (QED) is 0.445. The van der Waals surface area contributed by atoms with Crippen LogP contribution in [0.3, 0.4) is 0 Å². The Kier molecular flexibility index (Phi) is 9.00. The number of aliphatic imine (C=N–C) groups is 1. The van der Waals surface area contributed by atoms with Gasteiger partial charge in [0.15, 0.2) is 5.96 Å². The van der Waals surface area contributed by atoms with Gasteiger partial charge in [0, 0.05) is 25.2 Å². The van der Waals surface area contributed by atoms with E-state index in [0.29, 0.717) is 0 Å². The Hall–Kier alpha value is -1.53. The van der Waals surface area contributed by atoms with Crippen molar-refractivity contribution in [1.82, 2.24) is 15.5 Å². The molecule has 1 aromatic heterocycles. The lowest BCUT2D eigenvalue weighted by Crippen LogP contribution is -2.42. The number of unbranched alkanes of at least 4 members (excludes halogenated alkanes) is 1. The van der Waals surface area contributed by atoms with Gasteiger partial charge in [-0.2, -0.15) is 0 Å². The third-order valence-corrected chi connectivity index (χ3v) is 4.19. The van der Waals surface area contributed by atoms with Gasteiger partial charge in [-0.3, -0.25) is 0 Å². The molecule has 0 spiro atoms. The van der Waals surface area contributed by atoms with Gasteiger partial charge in [0.2, 0.25) is 0 Å². The molecule has 25 heavy (non-hydrogen) atoms. The Labute approximate surface area is 152 Å². The van der Waals surface area contributed by atoms with E-state index in [2.05, 4.69) is 34.5 Å². The molecule has 6 nitrogen and oxygen atoms in total. The fourth-order valence-electron chi connectivity index (χ4n) is 2.73. The molecular formula is C19H36N4O2. The SMILES string of the molecule is CCCCN(C)CCNC(=NCC(C)(O)c1cc(C)oc1C)NCC. The molecule has 0 aromatic carbocycles. The van der Waals surface area contributed by atoms with Crippen molar-refractivity contribution in [3.05, 3.63) is 23.2 Å². The van der Waals surface area contributed by atoms with Crippen molar-refractivity contribution in [2.45, 2.75) is 53.1 Å². The van der Waals surface area contributed by atoms with Gasteiger partial charge in [0.25, 0.3) is 0 Å². The standard InChI is InChI=1S/C19H36N4O2/c1-7-9-11-23(6)12-10-21-18(20-8-2)22-14-19(5,24)17-13-15(3)25-16(17)4/h13,24H,7-12,14H2,1-6H3,(H2,20,21,22). The van der Waals surface area contributed by atoms with Gasteiger partial charge >= 0.3 is 0 Å². The molecule has 0 amide bonds. The number of furan rings is 1. The first-order valence-electron chi connectivity index (χ1n) is 9.30. The number of nitrogens with zero attached hydrogens (tertiary/aromatic N) is 2. The Morgan fingerprint density at radius 1 is 1.28 bits per heavy atom. The normalized spacial score (nSPS) is 14.6. The molecule has 1 atom stereocenters. The predicted octanol–water partition coefficient (Wildman–Crippen LogP) is 2.39. The molecule has 0 saturated carbocycles. The molecule has 0 radical (unpaired) electrons. The van der Waals surface area contributed by atoms with Gasteiger partial charge in [-0.05, 0) is 53.8 Å². The van der Waals surface area contributed by atoms with Crippen molar-refractivity contribution in [3.63, 3.8) is 0 Å². The maximum atomic E-state index is 10.8. The molecule has 6 heteroatoms. The van der Waals surface area contributed by atoms with Gasteiger partial charge in [0.1, 0.15) is 17.1 Å². The maximum absolute atomic E-state index is 10.8. The molecule has 0 bridgehead atoms. The summed E-state index contributed by atoms with van der Waals surface area (Å²) in [6.07, 6.45) is 2.43. The van der Waals surface area contributed by atoms with Crippen molar-refractivity contribution in [1.29, 1.82) is 0 Å². The average Bonchev–Trinajstić information content (AvgIpc) is 2.90. The van der Waals surface area contributed by atoms with Crippen LogP contribution in [0.15, 0.2) is 15.5 Å². The minimum absolute atomic E-state index is 0.272. The molecule has 0 saturated heterocycles. The topological polar surface area (TPSA) is 73.0 Å². The summed E-state index contributed by atoms with van der Waals surface area (Å²) in [5.41, 5.74) is -0.258. The number of nitrogens with one attached hydrogen (secondary N) is 2. The van der Waals surface area contributed by atoms with E-state index in [1.54, 1.807) is 6.92 Å². The van der Waals surface area contributed by atoms with Crippen LogP contribution in [0.25, 0.3) is 0 Å². The van der Waals surface area contributed by atoms with Crippen molar-refractivity contribution in [2.75, 3.05) is 39.8 Å². The van der Waals surface area contributed by atoms with E-state index < -0.39 is 5.60 Å². The van der Waals surface area contributed by atoms with Crippen LogP contribution >= 0.6 is 0 Å². The Bertz CT molecular complexity index is 538. The zero-order chi connectivity index (χ0) is 18.9. The molecule has 0 aliphatic carbocycles. The van der Waals surface area contributed by atoms with E-state index in [4.69, 9.17) is 4.42 Å². The van der Waals surface area contributed by atoms with Crippen LogP contribution in [-0.4, -0.2) is 55.7 Å². The summed E-state index contributed by atoms with van der Waals surface area (Å²) in [5.74, 6) is 2.27. The molecule has 1 aromatic rings. The first kappa shape index (κ1) is 21.5. The van der Waals surface area contributed by atoms with Crippen LogP contribution in [0.5, 0.6) is 0 Å². The van der Waals surface area contributed by atoms with E-state index >= 15 is 0 Å². The second-order valence-corrected chi connectivity index (χ2v) is 6.88. The predicted molar refractivity (Wildman–Crippen MR) is 104 cm³/mol. The van der Waals surface area contributed by atoms with Crippen LogP contribution in [-0.2, 0) is 5.60 Å². The summed E-state index contributed by atoms with van der Waals surface area (Å²) in [6.45, 7) is 13.7. The fourth-order valence-corrected chi connectivity index (χ4v) is 2.73. The van der Waals surface area contributed by atoms with Crippen molar-refractivity contribution >= 4 is 5.96 Å². The summed E-state index contributed by atoms with van der Waals surface area (Å²) in [7, 11) is 2.14. The minimum Gasteiger partial charge on any atom is -0.466 e. The highest BCUT2D eigenvalue weighted by atomic mass is 16.3. The lowest BCUT2D eigenvalue weighted by atomic mass is 9.96. The van der Waals surface area contributed by atoms with Gasteiger partial charge in [0.05, 0.1) is 6.54 Å². The monoisotopic (exact) mass is 352 g/mol. The molecule has 0 aliphatic rings. The minimum atomic E-state index is -1.05. The number of hydrogen-bond donors (Lipinski definition) is 3. The Balaban J connectivity index is 2.60. The number of guanidine groups is 1. The summed E-state index contributed by atoms with van der Waals surface area (Å²) >= 11 is 0. The lowest BCUT2D eigenvalue weighted by molar-refractivity contribution is 0.0657. The van der Waals surface area contributed by atoms with Crippen LogP contribution in [0.2, 0.25) is 0 Å². The van der Waals surface area contributed by atoms with E-state index in [1.165, 1.54) is 12.8 Å². The molecule has 1 rings (SSSR count). The average molecular weight is 353 g/mol. The fraction of sp³-hybridized carbons (Fsp3) is 0.737. The summed E-state index contributed by atoms with van der Waals surface area (Å²) < 4.78 is 5.53. The molecule has 0 fully saturated rings. The van der Waals surface area contributed by atoms with Crippen LogP contribution < -0.4 is 10.6 Å². The zero-order valence-corrected chi connectivity index (χ0v) is 16.8. The van der Waals surface area contributed by atoms with Gasteiger partial charge in [-0.15, -0.1) is 0 Å². The largest absolute Gasteiger partial charge is 0.466 e. The molecule has 1 heterocycles. The van der Waals surface area contributed by atoms with Crippen LogP contribution in [0.1, 0.15) is 50.7 Å². The molecule has 144 valence electrons. The molecular weight excluding hydrogens is 316 g/mol.